The van der Waals surface area contributed by atoms with Crippen molar-refractivity contribution in [3.8, 4) is 0 Å². The lowest BCUT2D eigenvalue weighted by Crippen LogP contribution is -2.21. The Morgan fingerprint density at radius 2 is 1.69 bits per heavy atom. The molecule has 1 N–H and O–H groups in total. The van der Waals surface area contributed by atoms with Gasteiger partial charge in [-0.05, 0) is 31.6 Å². The number of ketones is 2. The van der Waals surface area contributed by atoms with Gasteiger partial charge in [0.2, 0.25) is 0 Å². The number of methoxy groups -OCH3 is 1. The Hall–Kier alpha value is -1.23. The number of aliphatic hydroxyl groups is 1. The smallest absolute Gasteiger partial charge is 0.305 e. The summed E-state index contributed by atoms with van der Waals surface area (Å²) in [5, 5.41) is 10.2. The molecule has 5 heteroatoms. The lowest BCUT2D eigenvalue weighted by Gasteiger charge is -2.20. The van der Waals surface area contributed by atoms with Crippen molar-refractivity contribution in [1.82, 2.24) is 0 Å². The van der Waals surface area contributed by atoms with Crippen molar-refractivity contribution in [2.24, 2.45) is 11.8 Å². The third-order valence-electron chi connectivity index (χ3n) is 5.52. The average molecular weight is 369 g/mol. The van der Waals surface area contributed by atoms with Crippen molar-refractivity contribution < 1.29 is 24.2 Å². The van der Waals surface area contributed by atoms with E-state index in [-0.39, 0.29) is 35.8 Å². The van der Waals surface area contributed by atoms with Crippen molar-refractivity contribution in [2.45, 2.75) is 96.5 Å². The lowest BCUT2D eigenvalue weighted by molar-refractivity contribution is -0.140. The number of hydrogen-bond acceptors (Lipinski definition) is 5. The highest BCUT2D eigenvalue weighted by atomic mass is 16.5. The molecule has 0 aromatic carbocycles. The van der Waals surface area contributed by atoms with Crippen molar-refractivity contribution >= 4 is 17.5 Å². The Balaban J connectivity index is 2.29. The molecule has 0 saturated heterocycles. The molecule has 1 fully saturated rings. The highest BCUT2D eigenvalue weighted by molar-refractivity contribution is 5.84. The standard InChI is InChI=1S/C21H36O5/c1-3-4-7-10-16(22)13-14-18-17(19(23)15-20(18)24)11-8-5-6-9-12-21(25)26-2/h17-18,20,24H,3-15H2,1-2H3/t17-,18+,20+/m0/s1. The van der Waals surface area contributed by atoms with Crippen LogP contribution < -0.4 is 0 Å². The molecule has 150 valence electrons. The fourth-order valence-corrected chi connectivity index (χ4v) is 3.90. The van der Waals surface area contributed by atoms with Crippen LogP contribution in [0.15, 0.2) is 0 Å². The molecule has 1 rings (SSSR count). The number of esters is 1. The maximum absolute atomic E-state index is 12.2. The number of rotatable bonds is 14. The van der Waals surface area contributed by atoms with Crippen molar-refractivity contribution in [3.05, 3.63) is 0 Å². The zero-order valence-electron chi connectivity index (χ0n) is 16.5. The minimum absolute atomic E-state index is 0.0623. The van der Waals surface area contributed by atoms with E-state index in [1.807, 2.05) is 0 Å². The first-order valence-corrected chi connectivity index (χ1v) is 10.3. The Morgan fingerprint density at radius 3 is 2.38 bits per heavy atom. The molecule has 0 aliphatic heterocycles. The third kappa shape index (κ3) is 8.43. The number of ether oxygens (including phenoxy) is 1. The molecule has 0 unspecified atom stereocenters. The molecule has 0 amide bonds. The highest BCUT2D eigenvalue weighted by Gasteiger charge is 2.40. The van der Waals surface area contributed by atoms with E-state index in [9.17, 15) is 19.5 Å². The van der Waals surface area contributed by atoms with E-state index >= 15 is 0 Å². The maximum Gasteiger partial charge on any atom is 0.305 e. The summed E-state index contributed by atoms with van der Waals surface area (Å²) < 4.78 is 4.62. The lowest BCUT2D eigenvalue weighted by atomic mass is 9.85. The van der Waals surface area contributed by atoms with Gasteiger partial charge in [0.1, 0.15) is 11.6 Å². The number of Topliss-reactive ketones (excluding diaryl/α,β-unsaturated/α-hetero) is 2. The van der Waals surface area contributed by atoms with Crippen LogP contribution in [0.25, 0.3) is 0 Å². The van der Waals surface area contributed by atoms with E-state index in [2.05, 4.69) is 11.7 Å². The molecule has 1 aliphatic rings. The first-order chi connectivity index (χ1) is 12.5. The van der Waals surface area contributed by atoms with Crippen LogP contribution in [-0.2, 0) is 19.1 Å². The second-order valence-electron chi connectivity index (χ2n) is 7.57. The van der Waals surface area contributed by atoms with E-state index in [4.69, 9.17) is 0 Å². The quantitative estimate of drug-likeness (QED) is 0.370. The monoisotopic (exact) mass is 368 g/mol. The molecule has 26 heavy (non-hydrogen) atoms. The molecule has 3 atom stereocenters. The van der Waals surface area contributed by atoms with Crippen LogP contribution in [0.3, 0.4) is 0 Å². The molecule has 5 nitrogen and oxygen atoms in total. The molecule has 0 spiro atoms. The van der Waals surface area contributed by atoms with Crippen molar-refractivity contribution in [3.63, 3.8) is 0 Å². The molecule has 0 aromatic heterocycles. The zero-order valence-corrected chi connectivity index (χ0v) is 16.5. The molecule has 0 aromatic rings. The van der Waals surface area contributed by atoms with Gasteiger partial charge in [-0.1, -0.05) is 39.0 Å². The number of hydrogen-bond donors (Lipinski definition) is 1. The largest absolute Gasteiger partial charge is 0.469 e. The van der Waals surface area contributed by atoms with Crippen molar-refractivity contribution in [2.75, 3.05) is 7.11 Å². The Morgan fingerprint density at radius 1 is 1.00 bits per heavy atom. The predicted octanol–water partition coefficient (Wildman–Crippen LogP) is 4.00. The van der Waals surface area contributed by atoms with E-state index in [0.717, 1.165) is 51.4 Å². The van der Waals surface area contributed by atoms with E-state index in [0.29, 0.717) is 25.7 Å². The van der Waals surface area contributed by atoms with Gasteiger partial charge >= 0.3 is 5.97 Å². The Kier molecular flexibility index (Phi) is 11.4. The van der Waals surface area contributed by atoms with Gasteiger partial charge in [0.25, 0.3) is 0 Å². The topological polar surface area (TPSA) is 80.7 Å². The number of aliphatic hydroxyl groups excluding tert-OH is 1. The second-order valence-corrected chi connectivity index (χ2v) is 7.57. The second kappa shape index (κ2) is 13.0. The Bertz CT molecular complexity index is 446. The van der Waals surface area contributed by atoms with Crippen LogP contribution >= 0.6 is 0 Å². The maximum atomic E-state index is 12.2. The molecule has 0 bridgehead atoms. The van der Waals surface area contributed by atoms with Crippen LogP contribution in [0, 0.1) is 11.8 Å². The van der Waals surface area contributed by atoms with Gasteiger partial charge in [0.15, 0.2) is 0 Å². The van der Waals surface area contributed by atoms with Crippen LogP contribution in [0.4, 0.5) is 0 Å². The van der Waals surface area contributed by atoms with Gasteiger partial charge < -0.3 is 9.84 Å². The van der Waals surface area contributed by atoms with Gasteiger partial charge in [-0.2, -0.15) is 0 Å². The van der Waals surface area contributed by atoms with E-state index in [1.54, 1.807) is 0 Å². The number of unbranched alkanes of at least 4 members (excludes halogenated alkanes) is 5. The summed E-state index contributed by atoms with van der Waals surface area (Å²) in [6.07, 6.45) is 9.37. The summed E-state index contributed by atoms with van der Waals surface area (Å²) in [6, 6.07) is 0. The zero-order chi connectivity index (χ0) is 19.4. The number of carbonyl (C=O) groups excluding carboxylic acids is 3. The minimum Gasteiger partial charge on any atom is -0.469 e. The van der Waals surface area contributed by atoms with Gasteiger partial charge in [0, 0.05) is 31.6 Å². The van der Waals surface area contributed by atoms with Crippen LogP contribution in [0.2, 0.25) is 0 Å². The number of carbonyl (C=O) groups is 3. The summed E-state index contributed by atoms with van der Waals surface area (Å²) in [5.41, 5.74) is 0. The SMILES string of the molecule is CCCCCC(=O)CC[C@H]1[C@H](O)CC(=O)[C@H]1CCCCCCC(=O)OC. The summed E-state index contributed by atoms with van der Waals surface area (Å²) >= 11 is 0. The van der Waals surface area contributed by atoms with Crippen LogP contribution in [0.1, 0.15) is 90.4 Å². The molecular weight excluding hydrogens is 332 g/mol. The molecule has 1 aliphatic carbocycles. The van der Waals surface area contributed by atoms with Crippen LogP contribution in [0.5, 0.6) is 0 Å². The minimum atomic E-state index is -0.588. The molecule has 1 saturated carbocycles. The van der Waals surface area contributed by atoms with Gasteiger partial charge in [-0.15, -0.1) is 0 Å². The first-order valence-electron chi connectivity index (χ1n) is 10.3. The highest BCUT2D eigenvalue weighted by Crippen LogP contribution is 2.36. The fourth-order valence-electron chi connectivity index (χ4n) is 3.90. The van der Waals surface area contributed by atoms with Gasteiger partial charge in [-0.3, -0.25) is 14.4 Å². The van der Waals surface area contributed by atoms with Crippen molar-refractivity contribution in [1.29, 1.82) is 0 Å². The summed E-state index contributed by atoms with van der Waals surface area (Å²) in [7, 11) is 1.40. The van der Waals surface area contributed by atoms with Gasteiger partial charge in [0.05, 0.1) is 13.2 Å². The summed E-state index contributed by atoms with van der Waals surface area (Å²) in [6.45, 7) is 2.12. The first kappa shape index (κ1) is 22.8. The fraction of sp³-hybridized carbons (Fsp3) is 0.857. The molecule has 0 radical (unpaired) electrons. The summed E-state index contributed by atoms with van der Waals surface area (Å²) in [5.74, 6) is 0.0616. The summed E-state index contributed by atoms with van der Waals surface area (Å²) in [4.78, 5) is 35.2. The predicted molar refractivity (Wildman–Crippen MR) is 101 cm³/mol. The Labute approximate surface area is 157 Å². The third-order valence-corrected chi connectivity index (χ3v) is 5.52. The van der Waals surface area contributed by atoms with Crippen LogP contribution in [-0.4, -0.2) is 35.9 Å². The molecular formula is C21H36O5. The normalized spacial score (nSPS) is 22.6. The van der Waals surface area contributed by atoms with E-state index < -0.39 is 6.10 Å². The van der Waals surface area contributed by atoms with E-state index in [1.165, 1.54) is 7.11 Å². The average Bonchev–Trinajstić information content (AvgIpc) is 2.89. The van der Waals surface area contributed by atoms with Gasteiger partial charge in [-0.25, -0.2) is 0 Å². The molecule has 0 heterocycles.